The second-order valence-electron chi connectivity index (χ2n) is 6.71. The van der Waals surface area contributed by atoms with Crippen LogP contribution in [0.15, 0.2) is 28.9 Å². The summed E-state index contributed by atoms with van der Waals surface area (Å²) >= 11 is 1.54. The summed E-state index contributed by atoms with van der Waals surface area (Å²) < 4.78 is 11.6. The lowest BCUT2D eigenvalue weighted by atomic mass is 10.1. The van der Waals surface area contributed by atoms with Gasteiger partial charge in [-0.3, -0.25) is 14.6 Å². The van der Waals surface area contributed by atoms with E-state index in [0.29, 0.717) is 11.7 Å². The largest absolute Gasteiger partial charge is 0.379 e. The van der Waals surface area contributed by atoms with Crippen molar-refractivity contribution in [2.45, 2.75) is 13.8 Å². The molecule has 1 saturated heterocycles. The van der Waals surface area contributed by atoms with Crippen LogP contribution in [-0.4, -0.2) is 60.3 Å². The molecule has 3 aromatic rings. The van der Waals surface area contributed by atoms with Crippen molar-refractivity contribution in [1.29, 1.82) is 0 Å². The molecule has 0 aliphatic carbocycles. The van der Waals surface area contributed by atoms with Crippen LogP contribution in [0.5, 0.6) is 0 Å². The molecule has 1 aliphatic heterocycles. The van der Waals surface area contributed by atoms with Gasteiger partial charge in [0.15, 0.2) is 5.13 Å². The lowest BCUT2D eigenvalue weighted by molar-refractivity contribution is 0.0390. The Bertz CT molecular complexity index is 932. The fraction of sp³-hybridized carbons (Fsp3) is 0.421. The first kappa shape index (κ1) is 18.1. The number of carbonyl (C=O) groups excluding carboxylic acids is 1. The highest BCUT2D eigenvalue weighted by Gasteiger charge is 2.25. The van der Waals surface area contributed by atoms with E-state index < -0.39 is 0 Å². The van der Waals surface area contributed by atoms with E-state index in [1.807, 2.05) is 0 Å². The fourth-order valence-electron chi connectivity index (χ4n) is 3.29. The maximum atomic E-state index is 13.0. The number of amides is 1. The molecule has 0 saturated carbocycles. The van der Waals surface area contributed by atoms with E-state index in [0.717, 1.165) is 43.1 Å². The van der Waals surface area contributed by atoms with Crippen LogP contribution in [0, 0.1) is 13.8 Å². The molecule has 2 aromatic heterocycles. The third kappa shape index (κ3) is 3.87. The number of hydrogen-bond donors (Lipinski definition) is 0. The highest BCUT2D eigenvalue weighted by molar-refractivity contribution is 7.22. The first-order valence-corrected chi connectivity index (χ1v) is 9.84. The molecule has 4 rings (SSSR count). The maximum absolute atomic E-state index is 13.0. The van der Waals surface area contributed by atoms with Gasteiger partial charge in [-0.05, 0) is 31.0 Å². The quantitative estimate of drug-likeness (QED) is 0.671. The summed E-state index contributed by atoms with van der Waals surface area (Å²) in [6, 6.07) is 5.79. The summed E-state index contributed by atoms with van der Waals surface area (Å²) in [5.74, 6) is 0.0123. The highest BCUT2D eigenvalue weighted by Crippen LogP contribution is 2.32. The molecule has 1 aromatic carbocycles. The second-order valence-corrected chi connectivity index (χ2v) is 7.69. The van der Waals surface area contributed by atoms with Gasteiger partial charge in [-0.1, -0.05) is 22.6 Å². The number of aromatic nitrogens is 2. The molecule has 0 N–H and O–H groups in total. The Kier molecular flexibility index (Phi) is 5.20. The van der Waals surface area contributed by atoms with Crippen LogP contribution >= 0.6 is 11.3 Å². The zero-order valence-corrected chi connectivity index (χ0v) is 16.3. The molecule has 1 fully saturated rings. The number of morpholine rings is 1. The number of rotatable bonds is 5. The van der Waals surface area contributed by atoms with Crippen molar-refractivity contribution < 1.29 is 14.1 Å². The Morgan fingerprint density at radius 3 is 2.85 bits per heavy atom. The Morgan fingerprint density at radius 1 is 1.30 bits per heavy atom. The lowest BCUT2D eigenvalue weighted by Crippen LogP contribution is -2.43. The van der Waals surface area contributed by atoms with Gasteiger partial charge in [0.2, 0.25) is 5.76 Å². The van der Waals surface area contributed by atoms with Crippen molar-refractivity contribution in [3.05, 3.63) is 41.3 Å². The van der Waals surface area contributed by atoms with E-state index in [1.165, 1.54) is 17.3 Å². The first-order chi connectivity index (χ1) is 13.1. The third-order valence-corrected chi connectivity index (χ3v) is 5.91. The molecule has 1 aliphatic rings. The van der Waals surface area contributed by atoms with Crippen molar-refractivity contribution in [2.24, 2.45) is 0 Å². The molecule has 142 valence electrons. The zero-order valence-electron chi connectivity index (χ0n) is 15.5. The standard InChI is InChI=1S/C19H22N4O3S/c1-13-11-14(2)17-15(12-13)21-19(27-17)23(18(24)16-3-4-20-26-16)6-5-22-7-9-25-10-8-22/h3-4,11-12H,5-10H2,1-2H3. The Morgan fingerprint density at radius 2 is 2.11 bits per heavy atom. The molecular formula is C19H22N4O3S. The molecular weight excluding hydrogens is 364 g/mol. The number of nitrogens with zero attached hydrogens (tertiary/aromatic N) is 4. The van der Waals surface area contributed by atoms with Crippen molar-refractivity contribution in [3.63, 3.8) is 0 Å². The molecule has 7 nitrogen and oxygen atoms in total. The summed E-state index contributed by atoms with van der Waals surface area (Å²) in [5, 5.41) is 4.36. The summed E-state index contributed by atoms with van der Waals surface area (Å²) in [4.78, 5) is 21.8. The minimum atomic E-state index is -0.214. The molecule has 0 spiro atoms. The molecule has 8 heteroatoms. The number of thiazole rings is 1. The number of anilines is 1. The van der Waals surface area contributed by atoms with Crippen LogP contribution < -0.4 is 4.90 Å². The molecule has 0 bridgehead atoms. The molecule has 0 unspecified atom stereocenters. The first-order valence-electron chi connectivity index (χ1n) is 9.02. The van der Waals surface area contributed by atoms with Crippen molar-refractivity contribution in [3.8, 4) is 0 Å². The average Bonchev–Trinajstić information content (AvgIpc) is 3.32. The van der Waals surface area contributed by atoms with Gasteiger partial charge in [-0.2, -0.15) is 0 Å². The molecule has 0 atom stereocenters. The summed E-state index contributed by atoms with van der Waals surface area (Å²) in [5.41, 5.74) is 3.27. The Labute approximate surface area is 161 Å². The van der Waals surface area contributed by atoms with E-state index in [4.69, 9.17) is 14.2 Å². The number of aryl methyl sites for hydroxylation is 2. The van der Waals surface area contributed by atoms with Crippen molar-refractivity contribution in [1.82, 2.24) is 15.0 Å². The van der Waals surface area contributed by atoms with E-state index >= 15 is 0 Å². The van der Waals surface area contributed by atoms with Gasteiger partial charge < -0.3 is 9.26 Å². The summed E-state index contributed by atoms with van der Waals surface area (Å²) in [6.45, 7) is 8.65. The predicted octanol–water partition coefficient (Wildman–Crippen LogP) is 2.88. The van der Waals surface area contributed by atoms with Crippen LogP contribution in [0.2, 0.25) is 0 Å². The topological polar surface area (TPSA) is 71.7 Å². The van der Waals surface area contributed by atoms with E-state index in [1.54, 1.807) is 22.3 Å². The third-order valence-electron chi connectivity index (χ3n) is 4.68. The van der Waals surface area contributed by atoms with Crippen LogP contribution in [0.4, 0.5) is 5.13 Å². The Balaban J connectivity index is 1.64. The van der Waals surface area contributed by atoms with Gasteiger partial charge in [0.05, 0.1) is 29.6 Å². The van der Waals surface area contributed by atoms with Crippen molar-refractivity contribution in [2.75, 3.05) is 44.3 Å². The smallest absolute Gasteiger partial charge is 0.298 e. The molecule has 1 amide bonds. The maximum Gasteiger partial charge on any atom is 0.298 e. The second kappa shape index (κ2) is 7.75. The van der Waals surface area contributed by atoms with Crippen molar-refractivity contribution >= 4 is 32.6 Å². The minimum Gasteiger partial charge on any atom is -0.379 e. The lowest BCUT2D eigenvalue weighted by Gasteiger charge is -2.28. The number of fused-ring (bicyclic) bond motifs is 1. The van der Waals surface area contributed by atoms with Crippen LogP contribution in [0.3, 0.4) is 0 Å². The van der Waals surface area contributed by atoms with Gasteiger partial charge >= 0.3 is 0 Å². The SMILES string of the molecule is Cc1cc(C)c2sc(N(CCN3CCOCC3)C(=O)c3ccno3)nc2c1. The zero-order chi connectivity index (χ0) is 18.8. The van der Waals surface area contributed by atoms with Crippen LogP contribution in [0.1, 0.15) is 21.7 Å². The van der Waals surface area contributed by atoms with Gasteiger partial charge in [0, 0.05) is 32.2 Å². The highest BCUT2D eigenvalue weighted by atomic mass is 32.1. The number of hydrogen-bond acceptors (Lipinski definition) is 7. The van der Waals surface area contributed by atoms with E-state index in [-0.39, 0.29) is 11.7 Å². The Hall–Kier alpha value is -2.29. The monoisotopic (exact) mass is 386 g/mol. The normalized spacial score (nSPS) is 15.3. The van der Waals surface area contributed by atoms with E-state index in [9.17, 15) is 4.79 Å². The van der Waals surface area contributed by atoms with E-state index in [2.05, 4.69) is 36.0 Å². The van der Waals surface area contributed by atoms with Crippen LogP contribution in [-0.2, 0) is 4.74 Å². The van der Waals surface area contributed by atoms with Gasteiger partial charge in [-0.15, -0.1) is 0 Å². The molecule has 3 heterocycles. The molecule has 27 heavy (non-hydrogen) atoms. The minimum absolute atomic E-state index is 0.214. The summed E-state index contributed by atoms with van der Waals surface area (Å²) in [6.07, 6.45) is 1.49. The van der Waals surface area contributed by atoms with Crippen LogP contribution in [0.25, 0.3) is 10.2 Å². The molecule has 0 radical (unpaired) electrons. The van der Waals surface area contributed by atoms with Gasteiger partial charge in [0.25, 0.3) is 5.91 Å². The number of benzene rings is 1. The average molecular weight is 386 g/mol. The summed E-state index contributed by atoms with van der Waals surface area (Å²) in [7, 11) is 0. The fourth-order valence-corrected chi connectivity index (χ4v) is 4.33. The van der Waals surface area contributed by atoms with Gasteiger partial charge in [-0.25, -0.2) is 4.98 Å². The number of ether oxygens (including phenoxy) is 1. The van der Waals surface area contributed by atoms with Gasteiger partial charge in [0.1, 0.15) is 0 Å². The predicted molar refractivity (Wildman–Crippen MR) is 105 cm³/mol. The number of carbonyl (C=O) groups is 1.